The maximum Gasteiger partial charge on any atom is 0.308 e. The number of carbonyl (C=O) groups is 2. The van der Waals surface area contributed by atoms with Crippen molar-refractivity contribution in [1.29, 1.82) is 0 Å². The van der Waals surface area contributed by atoms with E-state index in [0.29, 0.717) is 23.6 Å². The number of hydrogen-bond donors (Lipinski definition) is 2. The third kappa shape index (κ3) is 6.52. The number of amidine groups is 1. The fourth-order valence-corrected chi connectivity index (χ4v) is 5.63. The molecule has 231 valence electrons. The number of piperazine rings is 1. The van der Waals surface area contributed by atoms with Crippen molar-refractivity contribution >= 4 is 34.8 Å². The smallest absolute Gasteiger partial charge is 0.308 e. The molecule has 1 saturated heterocycles. The maximum atomic E-state index is 13.2. The summed E-state index contributed by atoms with van der Waals surface area (Å²) in [5.74, 6) is 1.25. The zero-order valence-electron chi connectivity index (χ0n) is 26.5. The summed E-state index contributed by atoms with van der Waals surface area (Å²) in [6, 6.07) is 17.3. The Balaban J connectivity index is 1.19. The summed E-state index contributed by atoms with van der Waals surface area (Å²) in [6.45, 7) is 12.2. The van der Waals surface area contributed by atoms with Crippen LogP contribution in [0.25, 0.3) is 0 Å². The Morgan fingerprint density at radius 3 is 2.36 bits per heavy atom. The van der Waals surface area contributed by atoms with Crippen molar-refractivity contribution in [2.75, 3.05) is 55.4 Å². The number of carbonyl (C=O) groups excluding carboxylic acids is 2. The van der Waals surface area contributed by atoms with E-state index >= 15 is 0 Å². The van der Waals surface area contributed by atoms with E-state index in [0.717, 1.165) is 54.6 Å². The molecule has 10 heteroatoms. The van der Waals surface area contributed by atoms with Crippen LogP contribution >= 0.6 is 0 Å². The number of aliphatic imine (C=N–C) groups is 1. The third-order valence-corrected chi connectivity index (χ3v) is 8.49. The van der Waals surface area contributed by atoms with Gasteiger partial charge in [-0.15, -0.1) is 0 Å². The zero-order valence-corrected chi connectivity index (χ0v) is 26.5. The molecular weight excluding hydrogens is 564 g/mol. The molecule has 0 bridgehead atoms. The minimum atomic E-state index is -0.148. The molecule has 3 aliphatic heterocycles. The molecule has 10 nitrogen and oxygen atoms in total. The monoisotopic (exact) mass is 604 g/mol. The Labute approximate surface area is 264 Å². The molecule has 6 rings (SSSR count). The fourth-order valence-electron chi connectivity index (χ4n) is 5.63. The van der Waals surface area contributed by atoms with Crippen LogP contribution in [0.3, 0.4) is 0 Å². The van der Waals surface area contributed by atoms with Crippen LogP contribution in [0.2, 0.25) is 0 Å². The molecule has 2 N–H and O–H groups in total. The van der Waals surface area contributed by atoms with E-state index in [-0.39, 0.29) is 17.2 Å². The first-order chi connectivity index (χ1) is 21.6. The molecule has 2 aromatic carbocycles. The summed E-state index contributed by atoms with van der Waals surface area (Å²) in [5.41, 5.74) is 5.81. The van der Waals surface area contributed by atoms with Gasteiger partial charge in [0.15, 0.2) is 6.20 Å². The Kier molecular flexibility index (Phi) is 8.26. The molecule has 0 atom stereocenters. The summed E-state index contributed by atoms with van der Waals surface area (Å²) in [7, 11) is 2.07. The van der Waals surface area contributed by atoms with Crippen molar-refractivity contribution in [3.8, 4) is 0 Å². The highest BCUT2D eigenvalue weighted by molar-refractivity contribution is 6.07. The molecular formula is C35H40N8O2+. The van der Waals surface area contributed by atoms with Crippen LogP contribution in [0.1, 0.15) is 52.6 Å². The van der Waals surface area contributed by atoms with Gasteiger partial charge in [-0.3, -0.25) is 14.5 Å². The number of likely N-dealkylation sites (N-methyl/N-ethyl adjacent to an activating group) is 1. The molecule has 2 amide bonds. The Morgan fingerprint density at radius 1 is 0.933 bits per heavy atom. The molecule has 0 aliphatic carbocycles. The number of benzene rings is 2. The predicted molar refractivity (Wildman–Crippen MR) is 180 cm³/mol. The fraction of sp³-hybridized carbons (Fsp3) is 0.314. The lowest BCUT2D eigenvalue weighted by Crippen LogP contribution is -2.47. The van der Waals surface area contributed by atoms with E-state index in [2.05, 4.69) is 63.1 Å². The number of anilines is 3. The van der Waals surface area contributed by atoms with Crippen LogP contribution in [-0.4, -0.2) is 72.3 Å². The Bertz CT molecular complexity index is 1680. The summed E-state index contributed by atoms with van der Waals surface area (Å²) < 4.78 is 0. The van der Waals surface area contributed by atoms with Gasteiger partial charge in [0.25, 0.3) is 11.8 Å². The standard InChI is InChI=1S/C35H40N8O2/c1-24-28(39-33(44)25-9-12-27(13-10-25)35(2,3)4)7-6-8-30(24)43-22-29(32-36-15-16-42(32)23-43)38-31-14-11-26(21-37-31)34(45)41-19-17-40(5)18-20-41/h6-16,21-22H,17-20,23H2,1-5H3,(H,37,38)(H,39,44)/q+1. The quantitative estimate of drug-likeness (QED) is 0.381. The summed E-state index contributed by atoms with van der Waals surface area (Å²) in [6.07, 6.45) is 7.34. The van der Waals surface area contributed by atoms with Gasteiger partial charge in [-0.2, -0.15) is 4.99 Å². The number of nitrogens with zero attached hydrogens (tertiary/aromatic N) is 6. The van der Waals surface area contributed by atoms with Crippen LogP contribution in [0.5, 0.6) is 0 Å². The van der Waals surface area contributed by atoms with Crippen LogP contribution in [0.4, 0.5) is 17.2 Å². The average molecular weight is 605 g/mol. The van der Waals surface area contributed by atoms with Crippen molar-refractivity contribution in [1.82, 2.24) is 19.7 Å². The van der Waals surface area contributed by atoms with Gasteiger partial charge in [0.05, 0.1) is 17.5 Å². The minimum absolute atomic E-state index is 0.00474. The maximum absolute atomic E-state index is 13.2. The molecule has 3 aromatic rings. The Morgan fingerprint density at radius 2 is 1.67 bits per heavy atom. The summed E-state index contributed by atoms with van der Waals surface area (Å²) >= 11 is 0. The van der Waals surface area contributed by atoms with Crippen molar-refractivity contribution in [3.05, 3.63) is 107 Å². The van der Waals surface area contributed by atoms with Crippen LogP contribution < -0.4 is 20.4 Å². The topological polar surface area (TPSA) is 99.1 Å². The molecule has 0 unspecified atom stereocenters. The van der Waals surface area contributed by atoms with Gasteiger partial charge in [-0.1, -0.05) is 43.9 Å². The first kappa shape index (κ1) is 30.2. The van der Waals surface area contributed by atoms with Crippen molar-refractivity contribution in [2.24, 2.45) is 4.99 Å². The second-order valence-corrected chi connectivity index (χ2v) is 12.8. The second-order valence-electron chi connectivity index (χ2n) is 12.8. The largest absolute Gasteiger partial charge is 0.336 e. The van der Waals surface area contributed by atoms with Crippen LogP contribution in [0.15, 0.2) is 90.1 Å². The minimum Gasteiger partial charge on any atom is -0.336 e. The van der Waals surface area contributed by atoms with Gasteiger partial charge in [0.1, 0.15) is 11.5 Å². The molecule has 0 spiro atoms. The Hall–Kier alpha value is -4.80. The van der Waals surface area contributed by atoms with E-state index < -0.39 is 0 Å². The van der Waals surface area contributed by atoms with Gasteiger partial charge < -0.3 is 20.4 Å². The highest BCUT2D eigenvalue weighted by Gasteiger charge is 2.37. The summed E-state index contributed by atoms with van der Waals surface area (Å²) in [5, 5.41) is 6.51. The number of aromatic nitrogens is 1. The number of nitrogens with one attached hydrogen (secondary N) is 2. The first-order valence-electron chi connectivity index (χ1n) is 15.3. The third-order valence-electron chi connectivity index (χ3n) is 8.49. The number of fused-ring (bicyclic) bond motifs is 1. The normalized spacial score (nSPS) is 17.1. The van der Waals surface area contributed by atoms with E-state index in [1.807, 2.05) is 78.8 Å². The number of rotatable bonds is 6. The van der Waals surface area contributed by atoms with Gasteiger partial charge in [0, 0.05) is 49.8 Å². The molecule has 1 aromatic heterocycles. The second kappa shape index (κ2) is 12.3. The van der Waals surface area contributed by atoms with E-state index in [4.69, 9.17) is 0 Å². The van der Waals surface area contributed by atoms with Gasteiger partial charge in [-0.05, 0) is 66.9 Å². The molecule has 0 saturated carbocycles. The lowest BCUT2D eigenvalue weighted by molar-refractivity contribution is 0.0663. The number of amides is 2. The highest BCUT2D eigenvalue weighted by atomic mass is 16.2. The average Bonchev–Trinajstić information content (AvgIpc) is 3.51. The van der Waals surface area contributed by atoms with Crippen LogP contribution in [0, 0.1) is 6.92 Å². The molecule has 1 radical (unpaired) electrons. The van der Waals surface area contributed by atoms with Crippen molar-refractivity contribution < 1.29 is 9.59 Å². The lowest BCUT2D eigenvalue weighted by Gasteiger charge is -2.32. The van der Waals surface area contributed by atoms with E-state index in [1.54, 1.807) is 12.4 Å². The molecule has 45 heavy (non-hydrogen) atoms. The van der Waals surface area contributed by atoms with Gasteiger partial charge >= 0.3 is 5.84 Å². The zero-order chi connectivity index (χ0) is 31.7. The predicted octanol–water partition coefficient (Wildman–Crippen LogP) is 5.08. The number of pyridine rings is 1. The van der Waals surface area contributed by atoms with Gasteiger partial charge in [-0.25, -0.2) is 4.98 Å². The first-order valence-corrected chi connectivity index (χ1v) is 15.3. The SMILES string of the molecule is Cc1c(NC(=O)c2ccc(C(C)(C)C)cc2)cccc1N1C=C(Nc2ccc(C(=O)N3CCN(C)CC3)cn2)C2=NC=C[N+]2C1. The van der Waals surface area contributed by atoms with Crippen molar-refractivity contribution in [3.63, 3.8) is 0 Å². The van der Waals surface area contributed by atoms with E-state index in [9.17, 15) is 9.59 Å². The summed E-state index contributed by atoms with van der Waals surface area (Å²) in [4.78, 5) is 43.6. The van der Waals surface area contributed by atoms with E-state index in [1.165, 1.54) is 5.56 Å². The highest BCUT2D eigenvalue weighted by Crippen LogP contribution is 2.31. The molecule has 3 aliphatic rings. The lowest BCUT2D eigenvalue weighted by atomic mass is 9.86. The van der Waals surface area contributed by atoms with Crippen LogP contribution in [-0.2, 0) is 5.41 Å². The molecule has 4 heterocycles. The van der Waals surface area contributed by atoms with Crippen molar-refractivity contribution in [2.45, 2.75) is 33.1 Å². The molecule has 1 fully saturated rings. The number of hydrogen-bond acceptors (Lipinski definition) is 8. The van der Waals surface area contributed by atoms with Gasteiger partial charge in [0.2, 0.25) is 6.67 Å².